The molecule has 0 aromatic rings. The Morgan fingerprint density at radius 2 is 2.20 bits per heavy atom. The van der Waals surface area contributed by atoms with Crippen molar-refractivity contribution in [2.45, 2.75) is 32.2 Å². The molecule has 10 heavy (non-hydrogen) atoms. The lowest BCUT2D eigenvalue weighted by atomic mass is 10.1. The fraction of sp³-hybridized carbons (Fsp3) is 0.714. The van der Waals surface area contributed by atoms with E-state index in [0.29, 0.717) is 12.2 Å². The van der Waals surface area contributed by atoms with Gasteiger partial charge in [0.2, 0.25) is 8.32 Å². The number of halogens is 1. The van der Waals surface area contributed by atoms with E-state index in [-0.39, 0.29) is 0 Å². The molecule has 1 atom stereocenters. The molecule has 58 valence electrons. The van der Waals surface area contributed by atoms with Crippen LogP contribution in [0.5, 0.6) is 0 Å². The van der Waals surface area contributed by atoms with E-state index in [1.54, 1.807) is 0 Å². The Labute approximate surface area is 62.0 Å². The Morgan fingerprint density at radius 3 is 2.30 bits per heavy atom. The van der Waals surface area contributed by atoms with Gasteiger partial charge in [-0.05, 0) is 25.7 Å². The zero-order valence-corrected chi connectivity index (χ0v) is 7.65. The quantitative estimate of drug-likeness (QED) is 0.564. The fourth-order valence-corrected chi connectivity index (χ4v) is 1.68. The van der Waals surface area contributed by atoms with Gasteiger partial charge >= 0.3 is 0 Å². The van der Waals surface area contributed by atoms with Crippen LogP contribution in [-0.2, 0) is 4.43 Å². The molecule has 0 N–H and O–H groups in total. The summed E-state index contributed by atoms with van der Waals surface area (Å²) >= 11 is 0. The van der Waals surface area contributed by atoms with E-state index in [9.17, 15) is 4.39 Å². The topological polar surface area (TPSA) is 9.23 Å². The minimum Gasteiger partial charge on any atom is -0.545 e. The summed E-state index contributed by atoms with van der Waals surface area (Å²) < 4.78 is 18.0. The molecule has 0 fully saturated rings. The van der Waals surface area contributed by atoms with Crippen LogP contribution in [0.3, 0.4) is 0 Å². The van der Waals surface area contributed by atoms with Gasteiger partial charge in [0, 0.05) is 6.42 Å². The number of hydrogen-bond donors (Lipinski definition) is 0. The summed E-state index contributed by atoms with van der Waals surface area (Å²) in [5.74, 6) is 0.569. The third kappa shape index (κ3) is 1.83. The Hall–Kier alpha value is -0.313. The van der Waals surface area contributed by atoms with Crippen molar-refractivity contribution in [3.05, 3.63) is 11.8 Å². The van der Waals surface area contributed by atoms with Crippen LogP contribution >= 0.6 is 0 Å². The van der Waals surface area contributed by atoms with Gasteiger partial charge in [-0.25, -0.2) is 4.39 Å². The Balaban J connectivity index is 2.41. The molecule has 0 saturated carbocycles. The summed E-state index contributed by atoms with van der Waals surface area (Å²) in [7, 11) is -1.54. The Kier molecular flexibility index (Phi) is 1.85. The van der Waals surface area contributed by atoms with Gasteiger partial charge < -0.3 is 4.43 Å². The molecule has 1 rings (SSSR count). The highest BCUT2D eigenvalue weighted by molar-refractivity contribution is 6.70. The molecule has 1 unspecified atom stereocenters. The molecule has 0 radical (unpaired) electrons. The summed E-state index contributed by atoms with van der Waals surface area (Å²) in [4.78, 5) is 0. The maximum absolute atomic E-state index is 12.5. The van der Waals surface area contributed by atoms with Crippen LogP contribution in [0, 0.1) is 0 Å². The first-order chi connectivity index (χ1) is 4.49. The molecular weight excluding hydrogens is 147 g/mol. The van der Waals surface area contributed by atoms with Gasteiger partial charge in [-0.3, -0.25) is 0 Å². The van der Waals surface area contributed by atoms with E-state index in [1.807, 2.05) is 6.08 Å². The molecule has 0 spiro atoms. The second-order valence-corrected chi connectivity index (χ2v) is 7.95. The van der Waals surface area contributed by atoms with Gasteiger partial charge in [0.15, 0.2) is 6.17 Å². The Bertz CT molecular complexity index is 159. The van der Waals surface area contributed by atoms with E-state index in [4.69, 9.17) is 4.43 Å². The van der Waals surface area contributed by atoms with E-state index >= 15 is 0 Å². The predicted octanol–water partition coefficient (Wildman–Crippen LogP) is 2.46. The van der Waals surface area contributed by atoms with Gasteiger partial charge in [0.1, 0.15) is 5.76 Å². The van der Waals surface area contributed by atoms with Crippen molar-refractivity contribution in [3.8, 4) is 0 Å². The van der Waals surface area contributed by atoms with Gasteiger partial charge in [-0.15, -0.1) is 0 Å². The van der Waals surface area contributed by atoms with Crippen molar-refractivity contribution in [1.29, 1.82) is 0 Å². The first-order valence-electron chi connectivity index (χ1n) is 3.52. The van der Waals surface area contributed by atoms with Gasteiger partial charge in [0.05, 0.1) is 0 Å². The van der Waals surface area contributed by atoms with Gasteiger partial charge in [0.25, 0.3) is 0 Å². The smallest absolute Gasteiger partial charge is 0.241 e. The molecular formula is C7H13FOSi. The van der Waals surface area contributed by atoms with Crippen molar-refractivity contribution in [1.82, 2.24) is 0 Å². The van der Waals surface area contributed by atoms with Crippen LogP contribution in [0.15, 0.2) is 11.8 Å². The molecule has 1 nitrogen and oxygen atoms in total. The second-order valence-electron chi connectivity index (χ2n) is 3.52. The molecule has 1 aliphatic carbocycles. The summed E-state index contributed by atoms with van der Waals surface area (Å²) in [6.45, 7) is 6.16. The highest BCUT2D eigenvalue weighted by Crippen LogP contribution is 2.26. The van der Waals surface area contributed by atoms with Crippen molar-refractivity contribution in [3.63, 3.8) is 0 Å². The predicted molar refractivity (Wildman–Crippen MR) is 42.0 cm³/mol. The minimum atomic E-state index is -1.54. The monoisotopic (exact) mass is 160 g/mol. The first-order valence-corrected chi connectivity index (χ1v) is 6.93. The number of hydrogen-bond acceptors (Lipinski definition) is 1. The molecule has 0 amide bonds. The molecule has 0 aliphatic heterocycles. The Morgan fingerprint density at radius 1 is 1.60 bits per heavy atom. The molecule has 0 bridgehead atoms. The highest BCUT2D eigenvalue weighted by Gasteiger charge is 2.27. The third-order valence-electron chi connectivity index (χ3n) is 1.26. The minimum absolute atomic E-state index is 0.541. The first kappa shape index (κ1) is 7.79. The summed E-state index contributed by atoms with van der Waals surface area (Å²) in [5.41, 5.74) is 0. The lowest BCUT2D eigenvalue weighted by molar-refractivity contribution is 0.238. The van der Waals surface area contributed by atoms with Crippen LogP contribution in [0.4, 0.5) is 4.39 Å². The van der Waals surface area contributed by atoms with Crippen molar-refractivity contribution in [2.24, 2.45) is 0 Å². The SMILES string of the molecule is C[Si](C)(C)OC1=CCC1F. The maximum atomic E-state index is 12.5. The van der Waals surface area contributed by atoms with Crippen LogP contribution in [-0.4, -0.2) is 14.5 Å². The van der Waals surface area contributed by atoms with Crippen LogP contribution in [0.1, 0.15) is 6.42 Å². The molecule has 3 heteroatoms. The van der Waals surface area contributed by atoms with Crippen molar-refractivity contribution < 1.29 is 8.82 Å². The summed E-state index contributed by atoms with van der Waals surface area (Å²) in [6.07, 6.45) is 1.55. The summed E-state index contributed by atoms with van der Waals surface area (Å²) in [5, 5.41) is 0. The van der Waals surface area contributed by atoms with Crippen molar-refractivity contribution >= 4 is 8.32 Å². The fourth-order valence-electron chi connectivity index (χ4n) is 0.762. The van der Waals surface area contributed by atoms with Crippen molar-refractivity contribution in [2.75, 3.05) is 0 Å². The zero-order valence-electron chi connectivity index (χ0n) is 6.65. The normalized spacial score (nSPS) is 25.2. The average molecular weight is 160 g/mol. The molecule has 0 aromatic carbocycles. The average Bonchev–Trinajstić information content (AvgIpc) is 1.78. The van der Waals surface area contributed by atoms with Crippen LogP contribution in [0.2, 0.25) is 19.6 Å². The number of rotatable bonds is 2. The lowest BCUT2D eigenvalue weighted by Crippen LogP contribution is -2.30. The standard InChI is InChI=1S/C7H13FOSi/c1-10(2,3)9-7-5-4-6(7)8/h5-6H,4H2,1-3H3. The lowest BCUT2D eigenvalue weighted by Gasteiger charge is -2.28. The van der Waals surface area contributed by atoms with Crippen LogP contribution < -0.4 is 0 Å². The second kappa shape index (κ2) is 2.38. The van der Waals surface area contributed by atoms with E-state index in [0.717, 1.165) is 0 Å². The number of alkyl halides is 1. The zero-order chi connectivity index (χ0) is 7.78. The van der Waals surface area contributed by atoms with Gasteiger partial charge in [-0.2, -0.15) is 0 Å². The van der Waals surface area contributed by atoms with E-state index in [2.05, 4.69) is 19.6 Å². The third-order valence-corrected chi connectivity index (χ3v) is 2.11. The molecule has 0 heterocycles. The summed E-state index contributed by atoms with van der Waals surface area (Å²) in [6, 6.07) is 0. The van der Waals surface area contributed by atoms with Gasteiger partial charge in [-0.1, -0.05) is 0 Å². The molecule has 0 saturated heterocycles. The van der Waals surface area contributed by atoms with E-state index < -0.39 is 14.5 Å². The largest absolute Gasteiger partial charge is 0.545 e. The molecule has 0 aromatic heterocycles. The van der Waals surface area contributed by atoms with Crippen LogP contribution in [0.25, 0.3) is 0 Å². The molecule has 1 aliphatic rings. The van der Waals surface area contributed by atoms with E-state index in [1.165, 1.54) is 0 Å². The number of allylic oxidation sites excluding steroid dienone is 2. The maximum Gasteiger partial charge on any atom is 0.241 e. The highest BCUT2D eigenvalue weighted by atomic mass is 28.4.